The maximum absolute atomic E-state index is 12.4. The molecule has 0 spiro atoms. The lowest BCUT2D eigenvalue weighted by Crippen LogP contribution is -2.31. The van der Waals surface area contributed by atoms with Gasteiger partial charge in [-0.3, -0.25) is 0 Å². The highest BCUT2D eigenvalue weighted by molar-refractivity contribution is 7.89. The first-order chi connectivity index (χ1) is 15.0. The fourth-order valence-electron chi connectivity index (χ4n) is 3.26. The van der Waals surface area contributed by atoms with Crippen molar-refractivity contribution in [1.82, 2.24) is 14.5 Å². The van der Waals surface area contributed by atoms with E-state index in [1.54, 1.807) is 10.9 Å². The summed E-state index contributed by atoms with van der Waals surface area (Å²) in [6.45, 7) is 1.02. The van der Waals surface area contributed by atoms with Crippen LogP contribution in [-0.2, 0) is 26.1 Å². The molecule has 1 aliphatic heterocycles. The van der Waals surface area contributed by atoms with Gasteiger partial charge in [-0.2, -0.15) is 5.10 Å². The third-order valence-electron chi connectivity index (χ3n) is 5.00. The van der Waals surface area contributed by atoms with Crippen LogP contribution in [0.1, 0.15) is 28.8 Å². The Morgan fingerprint density at radius 1 is 1.16 bits per heavy atom. The number of rotatable bonds is 8. The molecule has 1 N–H and O–H groups in total. The van der Waals surface area contributed by atoms with Crippen molar-refractivity contribution >= 4 is 16.0 Å². The number of sulfonamides is 1. The van der Waals surface area contributed by atoms with Crippen molar-refractivity contribution in [3.05, 3.63) is 78.1 Å². The summed E-state index contributed by atoms with van der Waals surface area (Å²) >= 11 is 0. The summed E-state index contributed by atoms with van der Waals surface area (Å²) in [5, 5.41) is 4.16. The van der Waals surface area contributed by atoms with Crippen LogP contribution in [-0.4, -0.2) is 43.4 Å². The predicted octanol–water partition coefficient (Wildman–Crippen LogP) is 2.69. The van der Waals surface area contributed by atoms with Crippen LogP contribution < -0.4 is 4.72 Å². The van der Waals surface area contributed by atoms with Gasteiger partial charge in [-0.1, -0.05) is 12.1 Å². The minimum Gasteiger partial charge on any atom is -0.457 e. The molecule has 1 unspecified atom stereocenters. The molecule has 1 atom stereocenters. The highest BCUT2D eigenvalue weighted by Crippen LogP contribution is 2.15. The average molecular weight is 442 g/mol. The fraction of sp³-hybridized carbons (Fsp3) is 0.273. The number of nitrogens with one attached hydrogen (secondary N) is 1. The molecule has 2 heterocycles. The van der Waals surface area contributed by atoms with Crippen molar-refractivity contribution in [1.29, 1.82) is 0 Å². The monoisotopic (exact) mass is 441 g/mol. The van der Waals surface area contributed by atoms with Crippen LogP contribution in [0.15, 0.2) is 71.9 Å². The van der Waals surface area contributed by atoms with E-state index in [1.807, 2.05) is 36.5 Å². The number of ether oxygens (including phenoxy) is 2. The Bertz CT molecular complexity index is 1100. The summed E-state index contributed by atoms with van der Waals surface area (Å²) < 4.78 is 39.9. The molecule has 2 aromatic carbocycles. The minimum absolute atomic E-state index is 0.0855. The number of esters is 1. The Morgan fingerprint density at radius 2 is 1.94 bits per heavy atom. The lowest BCUT2D eigenvalue weighted by molar-refractivity contribution is 0.0472. The van der Waals surface area contributed by atoms with E-state index in [0.29, 0.717) is 6.61 Å². The third kappa shape index (κ3) is 5.38. The predicted molar refractivity (Wildman–Crippen MR) is 113 cm³/mol. The smallest absolute Gasteiger partial charge is 0.338 e. The van der Waals surface area contributed by atoms with E-state index in [4.69, 9.17) is 9.47 Å². The summed E-state index contributed by atoms with van der Waals surface area (Å²) in [4.78, 5) is 12.4. The fourth-order valence-corrected chi connectivity index (χ4v) is 4.33. The number of carbonyl (C=O) groups is 1. The van der Waals surface area contributed by atoms with E-state index in [2.05, 4.69) is 9.82 Å². The molecule has 0 saturated carbocycles. The van der Waals surface area contributed by atoms with Crippen LogP contribution >= 0.6 is 0 Å². The van der Waals surface area contributed by atoms with Gasteiger partial charge in [-0.05, 0) is 60.9 Å². The Morgan fingerprint density at radius 3 is 2.58 bits per heavy atom. The summed E-state index contributed by atoms with van der Waals surface area (Å²) in [7, 11) is -3.66. The van der Waals surface area contributed by atoms with Gasteiger partial charge in [-0.15, -0.1) is 0 Å². The van der Waals surface area contributed by atoms with Gasteiger partial charge in [0.15, 0.2) is 0 Å². The van der Waals surface area contributed by atoms with Crippen molar-refractivity contribution < 1.29 is 22.7 Å². The zero-order valence-corrected chi connectivity index (χ0v) is 17.6. The van der Waals surface area contributed by atoms with Gasteiger partial charge in [0, 0.05) is 25.5 Å². The van der Waals surface area contributed by atoms with E-state index >= 15 is 0 Å². The van der Waals surface area contributed by atoms with E-state index in [0.717, 1.165) is 24.1 Å². The van der Waals surface area contributed by atoms with E-state index in [-0.39, 0.29) is 29.7 Å². The molecular formula is C22H23N3O5S. The van der Waals surface area contributed by atoms with Gasteiger partial charge < -0.3 is 9.47 Å². The first-order valence-electron chi connectivity index (χ1n) is 9.99. The molecule has 0 bridgehead atoms. The van der Waals surface area contributed by atoms with Gasteiger partial charge in [0.05, 0.1) is 22.3 Å². The standard InChI is InChI=1S/C22H23N3O5S/c26-22(30-16-17-4-8-19(9-5-17)25-13-2-12-23-25)18-6-10-21(11-7-18)31(27,28)24-15-20-3-1-14-29-20/h2,4-13,20,24H,1,3,14-16H2. The molecule has 162 valence electrons. The van der Waals surface area contributed by atoms with Gasteiger partial charge in [0.2, 0.25) is 10.0 Å². The number of aromatic nitrogens is 2. The zero-order chi connectivity index (χ0) is 21.7. The Kier molecular flexibility index (Phi) is 6.45. The van der Waals surface area contributed by atoms with Crippen LogP contribution in [0.5, 0.6) is 0 Å². The number of nitrogens with zero attached hydrogens (tertiary/aromatic N) is 2. The van der Waals surface area contributed by atoms with Crippen molar-refractivity contribution in [2.24, 2.45) is 0 Å². The Hall–Kier alpha value is -3.01. The number of benzene rings is 2. The second-order valence-electron chi connectivity index (χ2n) is 7.20. The second kappa shape index (κ2) is 9.42. The summed E-state index contributed by atoms with van der Waals surface area (Å²) in [6.07, 6.45) is 5.25. The van der Waals surface area contributed by atoms with E-state index < -0.39 is 16.0 Å². The lowest BCUT2D eigenvalue weighted by Gasteiger charge is -2.11. The maximum Gasteiger partial charge on any atom is 0.338 e. The zero-order valence-electron chi connectivity index (χ0n) is 16.8. The number of hydrogen-bond acceptors (Lipinski definition) is 6. The van der Waals surface area contributed by atoms with Gasteiger partial charge >= 0.3 is 5.97 Å². The quantitative estimate of drug-likeness (QED) is 0.540. The lowest BCUT2D eigenvalue weighted by atomic mass is 10.2. The highest BCUT2D eigenvalue weighted by atomic mass is 32.2. The molecule has 0 radical (unpaired) electrons. The summed E-state index contributed by atoms with van der Waals surface area (Å²) in [5.74, 6) is -0.521. The molecule has 1 aromatic heterocycles. The molecule has 9 heteroatoms. The van der Waals surface area contributed by atoms with Crippen LogP contribution in [0.3, 0.4) is 0 Å². The first-order valence-corrected chi connectivity index (χ1v) is 11.5. The van der Waals surface area contributed by atoms with E-state index in [9.17, 15) is 13.2 Å². The SMILES string of the molecule is O=C(OCc1ccc(-n2cccn2)cc1)c1ccc(S(=O)(=O)NCC2CCCO2)cc1. The topological polar surface area (TPSA) is 99.5 Å². The average Bonchev–Trinajstić information content (AvgIpc) is 3.51. The van der Waals surface area contributed by atoms with Crippen molar-refractivity contribution in [2.45, 2.75) is 30.4 Å². The largest absolute Gasteiger partial charge is 0.457 e. The van der Waals surface area contributed by atoms with Crippen molar-refractivity contribution in [3.63, 3.8) is 0 Å². The molecule has 0 amide bonds. The molecule has 1 fully saturated rings. The van der Waals surface area contributed by atoms with Crippen LogP contribution in [0, 0.1) is 0 Å². The van der Waals surface area contributed by atoms with Gasteiger partial charge in [0.1, 0.15) is 6.61 Å². The normalized spacial score (nSPS) is 16.3. The van der Waals surface area contributed by atoms with Gasteiger partial charge in [-0.25, -0.2) is 22.6 Å². The molecule has 8 nitrogen and oxygen atoms in total. The summed E-state index contributed by atoms with van der Waals surface area (Å²) in [5.41, 5.74) is 2.03. The second-order valence-corrected chi connectivity index (χ2v) is 8.97. The van der Waals surface area contributed by atoms with Crippen molar-refractivity contribution in [3.8, 4) is 5.69 Å². The van der Waals surface area contributed by atoms with Crippen LogP contribution in [0.4, 0.5) is 0 Å². The molecular weight excluding hydrogens is 418 g/mol. The molecule has 31 heavy (non-hydrogen) atoms. The summed E-state index contributed by atoms with van der Waals surface area (Å²) in [6, 6.07) is 15.0. The third-order valence-corrected chi connectivity index (χ3v) is 6.44. The number of hydrogen-bond donors (Lipinski definition) is 1. The highest BCUT2D eigenvalue weighted by Gasteiger charge is 2.20. The number of carbonyl (C=O) groups excluding carboxylic acids is 1. The molecule has 3 aromatic rings. The molecule has 4 rings (SSSR count). The molecule has 1 aliphatic rings. The first kappa shape index (κ1) is 21.2. The van der Waals surface area contributed by atoms with E-state index in [1.165, 1.54) is 24.3 Å². The van der Waals surface area contributed by atoms with Gasteiger partial charge in [0.25, 0.3) is 0 Å². The molecule has 0 aliphatic carbocycles. The molecule has 1 saturated heterocycles. The Labute approximate surface area is 180 Å². The Balaban J connectivity index is 1.31. The maximum atomic E-state index is 12.4. The van der Waals surface area contributed by atoms with Crippen LogP contribution in [0.25, 0.3) is 5.69 Å². The minimum atomic E-state index is -3.66. The van der Waals surface area contributed by atoms with Crippen molar-refractivity contribution in [2.75, 3.05) is 13.2 Å². The van der Waals surface area contributed by atoms with Crippen LogP contribution in [0.2, 0.25) is 0 Å².